The SMILES string of the molecule is CCCc1nc(C)c(CNC(=O)CCNC(=O)c2ccc(F)cc2)s1. The van der Waals surface area contributed by atoms with Gasteiger partial charge < -0.3 is 10.6 Å². The molecule has 7 heteroatoms. The summed E-state index contributed by atoms with van der Waals surface area (Å²) in [6.07, 6.45) is 2.19. The maximum atomic E-state index is 12.8. The lowest BCUT2D eigenvalue weighted by atomic mass is 10.2. The fraction of sp³-hybridized carbons (Fsp3) is 0.389. The number of rotatable bonds is 8. The Labute approximate surface area is 150 Å². The molecule has 0 radical (unpaired) electrons. The maximum Gasteiger partial charge on any atom is 0.251 e. The molecule has 2 amide bonds. The minimum absolute atomic E-state index is 0.135. The lowest BCUT2D eigenvalue weighted by Gasteiger charge is -2.06. The first-order valence-electron chi connectivity index (χ1n) is 8.25. The van der Waals surface area contributed by atoms with Crippen LogP contribution in [0.3, 0.4) is 0 Å². The summed E-state index contributed by atoms with van der Waals surface area (Å²) in [6, 6.07) is 5.27. The van der Waals surface area contributed by atoms with Crippen molar-refractivity contribution in [2.24, 2.45) is 0 Å². The lowest BCUT2D eigenvalue weighted by molar-refractivity contribution is -0.121. The van der Waals surface area contributed by atoms with Crippen LogP contribution in [0.5, 0.6) is 0 Å². The van der Waals surface area contributed by atoms with Gasteiger partial charge >= 0.3 is 0 Å². The summed E-state index contributed by atoms with van der Waals surface area (Å²) in [6.45, 7) is 4.74. The second-order valence-corrected chi connectivity index (χ2v) is 6.82. The van der Waals surface area contributed by atoms with E-state index in [1.165, 1.54) is 24.3 Å². The van der Waals surface area contributed by atoms with Crippen LogP contribution in [0.25, 0.3) is 0 Å². The molecule has 2 aromatic rings. The number of halogens is 1. The van der Waals surface area contributed by atoms with Crippen LogP contribution in [0.4, 0.5) is 4.39 Å². The molecule has 0 aliphatic heterocycles. The van der Waals surface area contributed by atoms with Crippen LogP contribution < -0.4 is 10.6 Å². The largest absolute Gasteiger partial charge is 0.352 e. The Hall–Kier alpha value is -2.28. The first-order valence-corrected chi connectivity index (χ1v) is 9.07. The Kier molecular flexibility index (Phi) is 7.06. The average molecular weight is 363 g/mol. The van der Waals surface area contributed by atoms with Crippen LogP contribution in [0.2, 0.25) is 0 Å². The van der Waals surface area contributed by atoms with E-state index < -0.39 is 5.82 Å². The predicted molar refractivity (Wildman–Crippen MR) is 96.0 cm³/mol. The van der Waals surface area contributed by atoms with Gasteiger partial charge in [-0.05, 0) is 44.0 Å². The second kappa shape index (κ2) is 9.27. The van der Waals surface area contributed by atoms with Gasteiger partial charge in [0.25, 0.3) is 5.91 Å². The van der Waals surface area contributed by atoms with Crippen molar-refractivity contribution >= 4 is 23.2 Å². The van der Waals surface area contributed by atoms with Gasteiger partial charge in [-0.2, -0.15) is 0 Å². The minimum Gasteiger partial charge on any atom is -0.352 e. The Morgan fingerprint density at radius 1 is 1.20 bits per heavy atom. The van der Waals surface area contributed by atoms with Crippen molar-refractivity contribution in [3.63, 3.8) is 0 Å². The van der Waals surface area contributed by atoms with Gasteiger partial charge in [0, 0.05) is 23.4 Å². The van der Waals surface area contributed by atoms with Crippen LogP contribution in [-0.4, -0.2) is 23.3 Å². The zero-order valence-corrected chi connectivity index (χ0v) is 15.2. The molecule has 0 aliphatic carbocycles. The number of benzene rings is 1. The van der Waals surface area contributed by atoms with Crippen molar-refractivity contribution in [1.82, 2.24) is 15.6 Å². The molecular formula is C18H22FN3O2S. The number of carbonyl (C=O) groups excluding carboxylic acids is 2. The Balaban J connectivity index is 1.72. The fourth-order valence-electron chi connectivity index (χ4n) is 2.23. The van der Waals surface area contributed by atoms with E-state index in [0.29, 0.717) is 12.1 Å². The Morgan fingerprint density at radius 3 is 2.60 bits per heavy atom. The summed E-state index contributed by atoms with van der Waals surface area (Å²) in [5.41, 5.74) is 1.32. The van der Waals surface area contributed by atoms with E-state index in [4.69, 9.17) is 0 Å². The van der Waals surface area contributed by atoms with E-state index in [1.54, 1.807) is 11.3 Å². The topological polar surface area (TPSA) is 71.1 Å². The van der Waals surface area contributed by atoms with Crippen LogP contribution >= 0.6 is 11.3 Å². The molecule has 0 spiro atoms. The van der Waals surface area contributed by atoms with Gasteiger partial charge in [-0.25, -0.2) is 9.37 Å². The summed E-state index contributed by atoms with van der Waals surface area (Å²) in [5.74, 6) is -0.851. The van der Waals surface area contributed by atoms with E-state index in [-0.39, 0.29) is 24.8 Å². The lowest BCUT2D eigenvalue weighted by Crippen LogP contribution is -2.30. The minimum atomic E-state index is -0.392. The first kappa shape index (κ1) is 19.1. The zero-order valence-electron chi connectivity index (χ0n) is 14.4. The van der Waals surface area contributed by atoms with Crippen molar-refractivity contribution in [1.29, 1.82) is 0 Å². The number of thiazole rings is 1. The van der Waals surface area contributed by atoms with Crippen LogP contribution in [0.15, 0.2) is 24.3 Å². The highest BCUT2D eigenvalue weighted by Gasteiger charge is 2.10. The maximum absolute atomic E-state index is 12.8. The third kappa shape index (κ3) is 5.94. The Bertz CT molecular complexity index is 728. The Morgan fingerprint density at radius 2 is 1.92 bits per heavy atom. The molecule has 2 rings (SSSR count). The van der Waals surface area contributed by atoms with Gasteiger partial charge in [0.15, 0.2) is 0 Å². The average Bonchev–Trinajstić information content (AvgIpc) is 2.93. The normalized spacial score (nSPS) is 10.5. The summed E-state index contributed by atoms with van der Waals surface area (Å²) in [5, 5.41) is 6.59. The number of hydrogen-bond donors (Lipinski definition) is 2. The van der Waals surface area contributed by atoms with Gasteiger partial charge in [0.1, 0.15) is 5.82 Å². The number of amides is 2. The van der Waals surface area contributed by atoms with Crippen molar-refractivity contribution < 1.29 is 14.0 Å². The van der Waals surface area contributed by atoms with Gasteiger partial charge in [0.05, 0.1) is 17.2 Å². The van der Waals surface area contributed by atoms with Crippen molar-refractivity contribution in [3.8, 4) is 0 Å². The zero-order chi connectivity index (χ0) is 18.2. The summed E-state index contributed by atoms with van der Waals surface area (Å²) in [7, 11) is 0. The van der Waals surface area contributed by atoms with E-state index in [9.17, 15) is 14.0 Å². The standard InChI is InChI=1S/C18H22FN3O2S/c1-3-4-17-22-12(2)15(25-17)11-21-16(23)9-10-20-18(24)13-5-7-14(19)8-6-13/h5-8H,3-4,9-11H2,1-2H3,(H,20,24)(H,21,23). The van der Waals surface area contributed by atoms with Gasteiger partial charge in [-0.1, -0.05) is 6.92 Å². The highest BCUT2D eigenvalue weighted by Crippen LogP contribution is 2.19. The molecule has 0 saturated carbocycles. The number of nitrogens with zero attached hydrogens (tertiary/aromatic N) is 1. The molecule has 0 aliphatic rings. The van der Waals surface area contributed by atoms with Gasteiger partial charge in [0.2, 0.25) is 5.91 Å². The highest BCUT2D eigenvalue weighted by atomic mass is 32.1. The number of nitrogens with one attached hydrogen (secondary N) is 2. The molecule has 0 bridgehead atoms. The molecule has 0 fully saturated rings. The molecular weight excluding hydrogens is 341 g/mol. The molecule has 1 heterocycles. The number of carbonyl (C=O) groups is 2. The van der Waals surface area contributed by atoms with Crippen LogP contribution in [0, 0.1) is 12.7 Å². The van der Waals surface area contributed by atoms with Crippen molar-refractivity contribution in [3.05, 3.63) is 51.2 Å². The second-order valence-electron chi connectivity index (χ2n) is 5.66. The van der Waals surface area contributed by atoms with Crippen LogP contribution in [0.1, 0.15) is 45.7 Å². The molecule has 0 unspecified atom stereocenters. The predicted octanol–water partition coefficient (Wildman–Crippen LogP) is 2.98. The third-order valence-corrected chi connectivity index (χ3v) is 4.81. The molecule has 1 aromatic heterocycles. The summed E-state index contributed by atoms with van der Waals surface area (Å²) in [4.78, 5) is 29.3. The third-order valence-electron chi connectivity index (χ3n) is 3.59. The number of aromatic nitrogens is 1. The van der Waals surface area contributed by atoms with Crippen molar-refractivity contribution in [2.45, 2.75) is 39.7 Å². The summed E-state index contributed by atoms with van der Waals surface area (Å²) >= 11 is 1.63. The molecule has 2 N–H and O–H groups in total. The molecule has 0 atom stereocenters. The quantitative estimate of drug-likeness (QED) is 0.757. The highest BCUT2D eigenvalue weighted by molar-refractivity contribution is 7.11. The van der Waals surface area contributed by atoms with E-state index >= 15 is 0 Å². The molecule has 1 aromatic carbocycles. The first-order chi connectivity index (χ1) is 12.0. The van der Waals surface area contributed by atoms with Crippen LogP contribution in [-0.2, 0) is 17.8 Å². The molecule has 5 nitrogen and oxygen atoms in total. The van der Waals surface area contributed by atoms with E-state index in [2.05, 4.69) is 22.5 Å². The van der Waals surface area contributed by atoms with Gasteiger partial charge in [-0.3, -0.25) is 9.59 Å². The number of aryl methyl sites for hydroxylation is 2. The summed E-state index contributed by atoms with van der Waals surface area (Å²) < 4.78 is 12.8. The molecule has 134 valence electrons. The van der Waals surface area contributed by atoms with Gasteiger partial charge in [-0.15, -0.1) is 11.3 Å². The van der Waals surface area contributed by atoms with Crippen molar-refractivity contribution in [2.75, 3.05) is 6.54 Å². The van der Waals surface area contributed by atoms with E-state index in [0.717, 1.165) is 28.4 Å². The smallest absolute Gasteiger partial charge is 0.251 e. The molecule has 0 saturated heterocycles. The van der Waals surface area contributed by atoms with E-state index in [1.807, 2.05) is 6.92 Å². The fourth-order valence-corrected chi connectivity index (χ4v) is 3.34. The number of hydrogen-bond acceptors (Lipinski definition) is 4. The molecule has 25 heavy (non-hydrogen) atoms. The monoisotopic (exact) mass is 363 g/mol.